The standard InChI is InChI=1S/C16H22N4O3S/c1-17-16-20-11(6-24-16)14(22)19-8(5-21)4-18-15(23)12-7-2-9-10(3-7)13(9)12/h6-10,12-13,21H,2-5H2,1H3,(H,17,20)(H,18,23)(H,19,22)/t7?,8-,9?,10?,12?,13?/m1/s1. The molecule has 4 atom stereocenters. The quantitative estimate of drug-likeness (QED) is 0.566. The Hall–Kier alpha value is -1.67. The molecule has 0 radical (unpaired) electrons. The lowest BCUT2D eigenvalue weighted by atomic mass is 9.97. The normalized spacial score (nSPS) is 33.2. The van der Waals surface area contributed by atoms with Gasteiger partial charge in [-0.3, -0.25) is 9.59 Å². The molecule has 130 valence electrons. The van der Waals surface area contributed by atoms with E-state index in [0.717, 1.165) is 11.8 Å². The first-order chi connectivity index (χ1) is 11.6. The van der Waals surface area contributed by atoms with Crippen LogP contribution in [0.4, 0.5) is 5.13 Å². The molecule has 1 heterocycles. The van der Waals surface area contributed by atoms with Crippen LogP contribution < -0.4 is 16.0 Å². The molecular weight excluding hydrogens is 328 g/mol. The van der Waals surface area contributed by atoms with E-state index in [2.05, 4.69) is 20.9 Å². The Labute approximate surface area is 144 Å². The minimum atomic E-state index is -0.507. The number of hydrogen-bond acceptors (Lipinski definition) is 6. The minimum absolute atomic E-state index is 0.0892. The molecular formula is C16H22N4O3S. The molecule has 1 aromatic heterocycles. The van der Waals surface area contributed by atoms with Crippen LogP contribution in [0.5, 0.6) is 0 Å². The van der Waals surface area contributed by atoms with Gasteiger partial charge in [0.15, 0.2) is 5.13 Å². The zero-order valence-corrected chi connectivity index (χ0v) is 14.3. The molecule has 4 aliphatic carbocycles. The van der Waals surface area contributed by atoms with Gasteiger partial charge in [0.25, 0.3) is 5.91 Å². The summed E-state index contributed by atoms with van der Waals surface area (Å²) in [6, 6.07) is -0.507. The third kappa shape index (κ3) is 2.57. The van der Waals surface area contributed by atoms with E-state index in [1.807, 2.05) is 0 Å². The summed E-state index contributed by atoms with van der Waals surface area (Å²) in [7, 11) is 1.74. The van der Waals surface area contributed by atoms with Crippen molar-refractivity contribution < 1.29 is 14.7 Å². The van der Waals surface area contributed by atoms with E-state index in [1.165, 1.54) is 24.2 Å². The lowest BCUT2D eigenvalue weighted by Gasteiger charge is -2.19. The highest BCUT2D eigenvalue weighted by atomic mass is 32.1. The second-order valence-electron chi connectivity index (χ2n) is 7.05. The molecule has 0 aliphatic heterocycles. The molecule has 4 saturated carbocycles. The number of amides is 2. The Balaban J connectivity index is 1.28. The predicted molar refractivity (Wildman–Crippen MR) is 89.7 cm³/mol. The SMILES string of the molecule is CNc1nc(C(=O)N[C@@H](CO)CNC(=O)C2C3CC4C(C3)C42)cs1. The predicted octanol–water partition coefficient (Wildman–Crippen LogP) is 0.294. The van der Waals surface area contributed by atoms with E-state index in [-0.39, 0.29) is 30.9 Å². The molecule has 0 aromatic carbocycles. The highest BCUT2D eigenvalue weighted by molar-refractivity contribution is 7.13. The van der Waals surface area contributed by atoms with Crippen molar-refractivity contribution in [3.63, 3.8) is 0 Å². The maximum absolute atomic E-state index is 12.4. The van der Waals surface area contributed by atoms with Gasteiger partial charge in [-0.15, -0.1) is 11.3 Å². The zero-order chi connectivity index (χ0) is 16.8. The molecule has 1 aromatic rings. The lowest BCUT2D eigenvalue weighted by Crippen LogP contribution is -2.47. The molecule has 7 nitrogen and oxygen atoms in total. The molecule has 0 spiro atoms. The Morgan fingerprint density at radius 1 is 1.42 bits per heavy atom. The van der Waals surface area contributed by atoms with Crippen LogP contribution in [0.3, 0.4) is 0 Å². The van der Waals surface area contributed by atoms with Gasteiger partial charge in [-0.1, -0.05) is 0 Å². The molecule has 4 N–H and O–H groups in total. The maximum Gasteiger partial charge on any atom is 0.271 e. The number of nitrogens with zero attached hydrogens (tertiary/aromatic N) is 1. The van der Waals surface area contributed by atoms with Gasteiger partial charge < -0.3 is 21.1 Å². The van der Waals surface area contributed by atoms with Gasteiger partial charge in [0.2, 0.25) is 5.91 Å². The molecule has 24 heavy (non-hydrogen) atoms. The van der Waals surface area contributed by atoms with Crippen molar-refractivity contribution in [2.24, 2.45) is 29.6 Å². The van der Waals surface area contributed by atoms with E-state index in [0.29, 0.717) is 22.7 Å². The fraction of sp³-hybridized carbons (Fsp3) is 0.688. The van der Waals surface area contributed by atoms with Crippen LogP contribution in [-0.2, 0) is 4.79 Å². The van der Waals surface area contributed by atoms with Gasteiger partial charge >= 0.3 is 0 Å². The van der Waals surface area contributed by atoms with Crippen LogP contribution in [0.1, 0.15) is 23.3 Å². The van der Waals surface area contributed by atoms with Crippen molar-refractivity contribution >= 4 is 28.3 Å². The largest absolute Gasteiger partial charge is 0.394 e. The van der Waals surface area contributed by atoms with E-state index in [1.54, 1.807) is 12.4 Å². The average Bonchev–Trinajstić information content (AvgIpc) is 3.13. The van der Waals surface area contributed by atoms with E-state index >= 15 is 0 Å². The summed E-state index contributed by atoms with van der Waals surface area (Å²) < 4.78 is 0. The smallest absolute Gasteiger partial charge is 0.271 e. The van der Waals surface area contributed by atoms with E-state index in [9.17, 15) is 14.7 Å². The van der Waals surface area contributed by atoms with Gasteiger partial charge in [-0.05, 0) is 36.5 Å². The summed E-state index contributed by atoms with van der Waals surface area (Å²) in [6.07, 6.45) is 2.43. The zero-order valence-electron chi connectivity index (χ0n) is 13.5. The molecule has 4 fully saturated rings. The monoisotopic (exact) mass is 350 g/mol. The molecule has 5 rings (SSSR count). The first kappa shape index (κ1) is 15.8. The highest BCUT2D eigenvalue weighted by Crippen LogP contribution is 2.73. The Bertz CT molecular complexity index is 650. The fourth-order valence-corrected chi connectivity index (χ4v) is 5.37. The van der Waals surface area contributed by atoms with Crippen molar-refractivity contribution in [1.82, 2.24) is 15.6 Å². The van der Waals surface area contributed by atoms with Gasteiger partial charge in [0.05, 0.1) is 12.6 Å². The second-order valence-corrected chi connectivity index (χ2v) is 7.91. The summed E-state index contributed by atoms with van der Waals surface area (Å²) in [5.41, 5.74) is 0.312. The average molecular weight is 350 g/mol. The van der Waals surface area contributed by atoms with Crippen molar-refractivity contribution in [2.75, 3.05) is 25.5 Å². The molecule has 8 heteroatoms. The molecule has 0 saturated heterocycles. The third-order valence-electron chi connectivity index (χ3n) is 5.80. The molecule has 3 unspecified atom stereocenters. The van der Waals surface area contributed by atoms with E-state index in [4.69, 9.17) is 0 Å². The maximum atomic E-state index is 12.4. The summed E-state index contributed by atoms with van der Waals surface area (Å²) >= 11 is 1.34. The lowest BCUT2D eigenvalue weighted by molar-refractivity contribution is -0.126. The number of carbonyl (C=O) groups excluding carboxylic acids is 2. The Morgan fingerprint density at radius 2 is 2.17 bits per heavy atom. The van der Waals surface area contributed by atoms with Gasteiger partial charge in [0, 0.05) is 24.9 Å². The van der Waals surface area contributed by atoms with Crippen molar-refractivity contribution in [3.8, 4) is 0 Å². The summed E-state index contributed by atoms with van der Waals surface area (Å²) in [6.45, 7) is 0.0210. The van der Waals surface area contributed by atoms with Crippen molar-refractivity contribution in [2.45, 2.75) is 18.9 Å². The van der Waals surface area contributed by atoms with Crippen molar-refractivity contribution in [1.29, 1.82) is 0 Å². The second kappa shape index (κ2) is 6.00. The first-order valence-electron chi connectivity index (χ1n) is 8.45. The van der Waals surface area contributed by atoms with Crippen LogP contribution in [-0.4, -0.2) is 48.1 Å². The topological polar surface area (TPSA) is 103 Å². The number of rotatable bonds is 7. The number of aliphatic hydroxyl groups is 1. The molecule has 2 amide bonds. The van der Waals surface area contributed by atoms with Crippen molar-refractivity contribution in [3.05, 3.63) is 11.1 Å². The number of thiazole rings is 1. The van der Waals surface area contributed by atoms with Crippen LogP contribution in [0.15, 0.2) is 5.38 Å². The van der Waals surface area contributed by atoms with Crippen LogP contribution in [0.25, 0.3) is 0 Å². The highest BCUT2D eigenvalue weighted by Gasteiger charge is 2.70. The summed E-state index contributed by atoms with van der Waals surface area (Å²) in [5, 5.41) is 20.3. The number of nitrogens with one attached hydrogen (secondary N) is 3. The number of aliphatic hydroxyl groups excluding tert-OH is 1. The van der Waals surface area contributed by atoms with Crippen LogP contribution >= 0.6 is 11.3 Å². The van der Waals surface area contributed by atoms with Crippen LogP contribution in [0.2, 0.25) is 0 Å². The Morgan fingerprint density at radius 3 is 2.71 bits per heavy atom. The number of hydrogen-bond donors (Lipinski definition) is 4. The van der Waals surface area contributed by atoms with Gasteiger partial charge in [-0.2, -0.15) is 0 Å². The van der Waals surface area contributed by atoms with Gasteiger partial charge in [-0.25, -0.2) is 4.98 Å². The van der Waals surface area contributed by atoms with Gasteiger partial charge in [0.1, 0.15) is 5.69 Å². The first-order valence-corrected chi connectivity index (χ1v) is 9.33. The molecule has 4 aliphatic rings. The number of aromatic nitrogens is 1. The summed E-state index contributed by atoms with van der Waals surface area (Å²) in [4.78, 5) is 28.7. The molecule has 4 bridgehead atoms. The fourth-order valence-electron chi connectivity index (χ4n) is 4.72. The number of anilines is 1. The third-order valence-corrected chi connectivity index (χ3v) is 6.66. The Kier molecular flexibility index (Phi) is 3.96. The minimum Gasteiger partial charge on any atom is -0.394 e. The number of carbonyl (C=O) groups is 2. The summed E-state index contributed by atoms with van der Waals surface area (Å²) in [5.74, 6) is 2.66. The van der Waals surface area contributed by atoms with E-state index < -0.39 is 6.04 Å². The van der Waals surface area contributed by atoms with Crippen LogP contribution in [0, 0.1) is 29.6 Å².